The van der Waals surface area contributed by atoms with E-state index in [0.29, 0.717) is 13.2 Å². The topological polar surface area (TPSA) is 55.8 Å². The van der Waals surface area contributed by atoms with E-state index >= 15 is 0 Å². The van der Waals surface area contributed by atoms with Gasteiger partial charge in [-0.1, -0.05) is 30.3 Å². The Labute approximate surface area is 130 Å². The second kappa shape index (κ2) is 7.60. The van der Waals surface area contributed by atoms with Crippen molar-refractivity contribution in [3.63, 3.8) is 0 Å². The number of hydrogen-bond donors (Lipinski definition) is 0. The fourth-order valence-corrected chi connectivity index (χ4v) is 3.52. The van der Waals surface area contributed by atoms with Crippen molar-refractivity contribution >= 4 is 22.2 Å². The molecule has 1 aliphatic rings. The molecule has 1 aliphatic heterocycles. The Morgan fingerprint density at radius 1 is 1.29 bits per heavy atom. The van der Waals surface area contributed by atoms with Crippen molar-refractivity contribution in [3.8, 4) is 0 Å². The number of hydrogen-bond acceptors (Lipinski definition) is 6. The van der Waals surface area contributed by atoms with Crippen LogP contribution in [0.4, 0.5) is 0 Å². The van der Waals surface area contributed by atoms with Crippen LogP contribution in [-0.4, -0.2) is 51.6 Å². The van der Waals surface area contributed by atoms with Crippen molar-refractivity contribution < 1.29 is 16.8 Å². The van der Waals surface area contributed by atoms with Gasteiger partial charge in [-0.05, 0) is 17.6 Å². The van der Waals surface area contributed by atoms with E-state index in [1.54, 1.807) is 0 Å². The van der Waals surface area contributed by atoms with Crippen molar-refractivity contribution in [1.29, 1.82) is 0 Å². The molecule has 1 heterocycles. The molecule has 0 N–H and O–H groups in total. The van der Waals surface area contributed by atoms with Crippen LogP contribution in [0.1, 0.15) is 5.56 Å². The standard InChI is InChI=1S/C14H21NO4S2/c1-20-18-11-13-9-15(8-12-6-4-3-5-7-12)10-14(13)19-21(2,16)17/h3-7,13-14H,8-11H2,1-2H3/t13-,14+/m0/s1. The van der Waals surface area contributed by atoms with E-state index in [4.69, 9.17) is 8.37 Å². The van der Waals surface area contributed by atoms with Crippen molar-refractivity contribution in [2.75, 3.05) is 32.2 Å². The lowest BCUT2D eigenvalue weighted by Crippen LogP contribution is -2.28. The summed E-state index contributed by atoms with van der Waals surface area (Å²) >= 11 is 1.29. The Morgan fingerprint density at radius 3 is 2.62 bits per heavy atom. The number of nitrogens with zero attached hydrogens (tertiary/aromatic N) is 1. The zero-order valence-electron chi connectivity index (χ0n) is 12.3. The molecule has 0 spiro atoms. The number of likely N-dealkylation sites (tertiary alicyclic amines) is 1. The van der Waals surface area contributed by atoms with Gasteiger partial charge in [-0.2, -0.15) is 8.42 Å². The number of rotatable bonds is 7. The summed E-state index contributed by atoms with van der Waals surface area (Å²) in [6.45, 7) is 2.66. The van der Waals surface area contributed by atoms with Crippen molar-refractivity contribution in [3.05, 3.63) is 35.9 Å². The van der Waals surface area contributed by atoms with Crippen LogP contribution in [0.5, 0.6) is 0 Å². The molecule has 7 heteroatoms. The third-order valence-corrected chi connectivity index (χ3v) is 4.37. The minimum Gasteiger partial charge on any atom is -0.315 e. The summed E-state index contributed by atoms with van der Waals surface area (Å²) in [5, 5.41) is 0. The highest BCUT2D eigenvalue weighted by Crippen LogP contribution is 2.24. The maximum absolute atomic E-state index is 11.4. The first-order valence-electron chi connectivity index (χ1n) is 6.78. The van der Waals surface area contributed by atoms with E-state index < -0.39 is 10.1 Å². The Hall–Kier alpha value is -0.600. The molecular weight excluding hydrogens is 310 g/mol. The second-order valence-corrected chi connectivity index (χ2v) is 7.40. The summed E-state index contributed by atoms with van der Waals surface area (Å²) in [6.07, 6.45) is 2.61. The Morgan fingerprint density at radius 2 is 2.00 bits per heavy atom. The maximum Gasteiger partial charge on any atom is 0.264 e. The normalized spacial score (nSPS) is 23.5. The lowest BCUT2D eigenvalue weighted by atomic mass is 10.1. The average Bonchev–Trinajstić information content (AvgIpc) is 2.77. The van der Waals surface area contributed by atoms with Crippen molar-refractivity contribution in [1.82, 2.24) is 4.90 Å². The zero-order chi connectivity index (χ0) is 15.3. The molecule has 0 amide bonds. The highest BCUT2D eigenvalue weighted by atomic mass is 32.2. The van der Waals surface area contributed by atoms with E-state index in [1.807, 2.05) is 24.5 Å². The predicted molar refractivity (Wildman–Crippen MR) is 84.4 cm³/mol. The highest BCUT2D eigenvalue weighted by Gasteiger charge is 2.36. The molecule has 2 atom stereocenters. The molecule has 1 saturated heterocycles. The quantitative estimate of drug-likeness (QED) is 0.560. The summed E-state index contributed by atoms with van der Waals surface area (Å²) < 4.78 is 33.4. The third-order valence-electron chi connectivity index (χ3n) is 3.40. The molecule has 0 aliphatic carbocycles. The molecule has 0 bridgehead atoms. The van der Waals surface area contributed by atoms with Gasteiger partial charge in [0.15, 0.2) is 0 Å². The summed E-state index contributed by atoms with van der Waals surface area (Å²) in [6, 6.07) is 10.1. The molecule has 0 saturated carbocycles. The molecule has 118 valence electrons. The van der Waals surface area contributed by atoms with Crippen LogP contribution >= 0.6 is 12.0 Å². The van der Waals surface area contributed by atoms with Gasteiger partial charge in [0.25, 0.3) is 10.1 Å². The summed E-state index contributed by atoms with van der Waals surface area (Å²) in [7, 11) is -3.45. The van der Waals surface area contributed by atoms with Gasteiger partial charge in [-0.15, -0.1) is 0 Å². The predicted octanol–water partition coefficient (Wildman–Crippen LogP) is 1.76. The van der Waals surface area contributed by atoms with Gasteiger partial charge in [0.05, 0.1) is 19.0 Å². The van der Waals surface area contributed by atoms with Gasteiger partial charge >= 0.3 is 0 Å². The van der Waals surface area contributed by atoms with E-state index in [-0.39, 0.29) is 12.0 Å². The average molecular weight is 331 g/mol. The molecule has 1 aromatic carbocycles. The van der Waals surface area contributed by atoms with Gasteiger partial charge in [0.1, 0.15) is 0 Å². The lowest BCUT2D eigenvalue weighted by Gasteiger charge is -2.16. The Balaban J connectivity index is 1.99. The van der Waals surface area contributed by atoms with Crippen LogP contribution in [0.2, 0.25) is 0 Å². The van der Waals surface area contributed by atoms with E-state index in [2.05, 4.69) is 17.0 Å². The molecule has 1 aromatic rings. The molecule has 1 fully saturated rings. The van der Waals surface area contributed by atoms with Crippen molar-refractivity contribution in [2.24, 2.45) is 5.92 Å². The smallest absolute Gasteiger partial charge is 0.264 e. The molecule has 0 radical (unpaired) electrons. The summed E-state index contributed by atoms with van der Waals surface area (Å²) in [5.41, 5.74) is 1.21. The van der Waals surface area contributed by atoms with Gasteiger partial charge in [-0.3, -0.25) is 9.08 Å². The van der Waals surface area contributed by atoms with Crippen LogP contribution < -0.4 is 0 Å². The van der Waals surface area contributed by atoms with Gasteiger partial charge in [0, 0.05) is 31.8 Å². The first-order valence-corrected chi connectivity index (χ1v) is 9.74. The Kier molecular flexibility index (Phi) is 6.07. The monoisotopic (exact) mass is 331 g/mol. The molecule has 0 unspecified atom stereocenters. The zero-order valence-corrected chi connectivity index (χ0v) is 13.9. The third kappa shape index (κ3) is 5.60. The van der Waals surface area contributed by atoms with E-state index in [0.717, 1.165) is 19.3 Å². The van der Waals surface area contributed by atoms with Crippen LogP contribution in [-0.2, 0) is 25.0 Å². The maximum atomic E-state index is 11.4. The first kappa shape index (κ1) is 16.8. The SMILES string of the molecule is CSOC[C@@H]1CN(Cc2ccccc2)C[C@H]1OS(C)(=O)=O. The lowest BCUT2D eigenvalue weighted by molar-refractivity contribution is 0.147. The van der Waals surface area contributed by atoms with Gasteiger partial charge in [-0.25, -0.2) is 0 Å². The number of benzene rings is 1. The second-order valence-electron chi connectivity index (χ2n) is 5.23. The van der Waals surface area contributed by atoms with E-state index in [1.165, 1.54) is 17.6 Å². The summed E-state index contributed by atoms with van der Waals surface area (Å²) in [4.78, 5) is 2.21. The molecule has 21 heavy (non-hydrogen) atoms. The van der Waals surface area contributed by atoms with Crippen molar-refractivity contribution in [2.45, 2.75) is 12.6 Å². The first-order chi connectivity index (χ1) is 9.98. The molecule has 5 nitrogen and oxygen atoms in total. The van der Waals surface area contributed by atoms with Crippen LogP contribution in [0.3, 0.4) is 0 Å². The van der Waals surface area contributed by atoms with Gasteiger partial charge in [0.2, 0.25) is 0 Å². The minimum atomic E-state index is -3.45. The largest absolute Gasteiger partial charge is 0.315 e. The minimum absolute atomic E-state index is 0.0656. The van der Waals surface area contributed by atoms with Gasteiger partial charge < -0.3 is 4.18 Å². The highest BCUT2D eigenvalue weighted by molar-refractivity contribution is 7.93. The van der Waals surface area contributed by atoms with Crippen LogP contribution in [0, 0.1) is 5.92 Å². The fourth-order valence-electron chi connectivity index (χ4n) is 2.55. The van der Waals surface area contributed by atoms with Crippen LogP contribution in [0.25, 0.3) is 0 Å². The molecule has 0 aromatic heterocycles. The van der Waals surface area contributed by atoms with E-state index in [9.17, 15) is 8.42 Å². The van der Waals surface area contributed by atoms with Crippen LogP contribution in [0.15, 0.2) is 30.3 Å². The summed E-state index contributed by atoms with van der Waals surface area (Å²) in [5.74, 6) is 0.0656. The Bertz CT molecular complexity index is 535. The molecular formula is C14H21NO4S2. The fraction of sp³-hybridized carbons (Fsp3) is 0.571. The molecule has 2 rings (SSSR count).